The highest BCUT2D eigenvalue weighted by Crippen LogP contribution is 2.27. The first-order valence-electron chi connectivity index (χ1n) is 9.88. The van der Waals surface area contributed by atoms with Gasteiger partial charge in [-0.25, -0.2) is 4.98 Å². The number of fused-ring (bicyclic) bond motifs is 1. The van der Waals surface area contributed by atoms with Gasteiger partial charge in [-0.2, -0.15) is 0 Å². The Balaban J connectivity index is 1.27. The number of nitrogens with one attached hydrogen (secondary N) is 2. The van der Waals surface area contributed by atoms with E-state index < -0.39 is 0 Å². The number of hydrogen-bond donors (Lipinski definition) is 3. The van der Waals surface area contributed by atoms with E-state index in [1.54, 1.807) is 12.1 Å². The lowest BCUT2D eigenvalue weighted by Crippen LogP contribution is -2.25. The van der Waals surface area contributed by atoms with Crippen molar-refractivity contribution in [3.05, 3.63) is 88.9 Å². The highest BCUT2D eigenvalue weighted by atomic mass is 16.3. The normalized spacial score (nSPS) is 15.9. The summed E-state index contributed by atoms with van der Waals surface area (Å²) in [5.74, 6) is 0.0620. The minimum absolute atomic E-state index is 0.0620. The van der Waals surface area contributed by atoms with Gasteiger partial charge in [0.2, 0.25) is 5.88 Å². The van der Waals surface area contributed by atoms with Crippen molar-refractivity contribution < 1.29 is 5.11 Å². The number of hydrogen-bond acceptors (Lipinski definition) is 5. The van der Waals surface area contributed by atoms with Crippen LogP contribution in [0.15, 0.2) is 60.8 Å². The summed E-state index contributed by atoms with van der Waals surface area (Å²) in [6.07, 6.45) is 5.40. The van der Waals surface area contributed by atoms with E-state index in [0.29, 0.717) is 12.6 Å². The number of rotatable bonds is 7. The predicted octanol–water partition coefficient (Wildman–Crippen LogP) is 3.64. The first-order valence-corrected chi connectivity index (χ1v) is 9.88. The maximum atomic E-state index is 9.41. The van der Waals surface area contributed by atoms with Crippen molar-refractivity contribution in [2.24, 2.45) is 0 Å². The van der Waals surface area contributed by atoms with Crippen LogP contribution in [0.25, 0.3) is 0 Å². The molecule has 1 aromatic carbocycles. The highest BCUT2D eigenvalue weighted by molar-refractivity contribution is 5.26. The van der Waals surface area contributed by atoms with Crippen molar-refractivity contribution in [1.29, 1.82) is 0 Å². The van der Waals surface area contributed by atoms with Crippen LogP contribution in [0.3, 0.4) is 0 Å². The van der Waals surface area contributed by atoms with Crippen molar-refractivity contribution >= 4 is 0 Å². The Morgan fingerprint density at radius 3 is 2.57 bits per heavy atom. The smallest absolute Gasteiger partial charge is 0.210 e. The number of aromatic hydroxyl groups is 1. The van der Waals surface area contributed by atoms with Gasteiger partial charge in [-0.1, -0.05) is 36.4 Å². The molecule has 5 nitrogen and oxygen atoms in total. The number of aryl methyl sites for hydroxylation is 1. The van der Waals surface area contributed by atoms with E-state index in [0.717, 1.165) is 31.6 Å². The Bertz CT molecular complexity index is 910. The molecule has 0 saturated carbocycles. The van der Waals surface area contributed by atoms with Crippen LogP contribution in [0.2, 0.25) is 0 Å². The molecular formula is C23H26N4O. The summed E-state index contributed by atoms with van der Waals surface area (Å²) in [5, 5.41) is 16.4. The quantitative estimate of drug-likeness (QED) is 0.589. The van der Waals surface area contributed by atoms with Gasteiger partial charge < -0.3 is 15.7 Å². The Morgan fingerprint density at radius 2 is 1.75 bits per heavy atom. The molecule has 2 heterocycles. The van der Waals surface area contributed by atoms with Crippen LogP contribution in [-0.2, 0) is 26.1 Å². The largest absolute Gasteiger partial charge is 0.493 e. The zero-order valence-electron chi connectivity index (χ0n) is 15.9. The van der Waals surface area contributed by atoms with Gasteiger partial charge in [0.05, 0.1) is 17.4 Å². The van der Waals surface area contributed by atoms with E-state index >= 15 is 0 Å². The summed E-state index contributed by atoms with van der Waals surface area (Å²) < 4.78 is 0. The van der Waals surface area contributed by atoms with Gasteiger partial charge >= 0.3 is 0 Å². The minimum atomic E-state index is 0.0620. The van der Waals surface area contributed by atoms with Crippen LogP contribution in [0.5, 0.6) is 5.88 Å². The summed E-state index contributed by atoms with van der Waals surface area (Å²) in [6.45, 7) is 2.25. The van der Waals surface area contributed by atoms with Gasteiger partial charge in [0.1, 0.15) is 0 Å². The van der Waals surface area contributed by atoms with Crippen LogP contribution in [0, 0.1) is 0 Å². The van der Waals surface area contributed by atoms with Crippen LogP contribution in [0.1, 0.15) is 47.0 Å². The number of nitrogens with zero attached hydrogens (tertiary/aromatic N) is 2. The van der Waals surface area contributed by atoms with Crippen molar-refractivity contribution in [2.75, 3.05) is 0 Å². The fraction of sp³-hybridized carbons (Fsp3) is 0.304. The van der Waals surface area contributed by atoms with E-state index in [9.17, 15) is 5.11 Å². The van der Waals surface area contributed by atoms with E-state index in [1.165, 1.54) is 28.8 Å². The first kappa shape index (κ1) is 18.6. The number of aromatic nitrogens is 2. The topological polar surface area (TPSA) is 70.1 Å². The first-order chi connectivity index (χ1) is 13.8. The van der Waals surface area contributed by atoms with Crippen molar-refractivity contribution in [2.45, 2.75) is 44.9 Å². The van der Waals surface area contributed by atoms with Crippen molar-refractivity contribution in [3.63, 3.8) is 0 Å². The molecule has 1 unspecified atom stereocenters. The third-order valence-corrected chi connectivity index (χ3v) is 5.20. The average Bonchev–Trinajstić information content (AvgIpc) is 2.73. The maximum Gasteiger partial charge on any atom is 0.210 e. The summed E-state index contributed by atoms with van der Waals surface area (Å²) >= 11 is 0. The second-order valence-corrected chi connectivity index (χ2v) is 7.28. The van der Waals surface area contributed by atoms with Crippen LogP contribution in [0.4, 0.5) is 0 Å². The molecule has 1 atom stereocenters. The Hall–Kier alpha value is -2.76. The molecule has 0 fully saturated rings. The van der Waals surface area contributed by atoms with E-state index in [-0.39, 0.29) is 5.88 Å². The molecule has 3 aromatic rings. The lowest BCUT2D eigenvalue weighted by atomic mass is 9.92. The highest BCUT2D eigenvalue weighted by Gasteiger charge is 2.20. The maximum absolute atomic E-state index is 9.41. The molecule has 0 amide bonds. The standard InChI is InChI=1S/C23H26N4O/c28-22-8-2-6-20(27-22)16-24-14-17-9-11-18(12-10-17)15-26-21-7-1-4-19-5-3-13-25-23(19)21/h2-3,5-6,8-13,21,24,26H,1,4,7,14-16H2,(H,27,28). The molecule has 0 bridgehead atoms. The minimum Gasteiger partial charge on any atom is -0.493 e. The number of pyridine rings is 2. The summed E-state index contributed by atoms with van der Waals surface area (Å²) in [4.78, 5) is 8.68. The predicted molar refractivity (Wildman–Crippen MR) is 110 cm³/mol. The summed E-state index contributed by atoms with van der Waals surface area (Å²) in [5.41, 5.74) is 5.95. The molecule has 28 heavy (non-hydrogen) atoms. The lowest BCUT2D eigenvalue weighted by Gasteiger charge is -2.25. The van der Waals surface area contributed by atoms with Gasteiger partial charge in [0.15, 0.2) is 0 Å². The SMILES string of the molecule is Oc1cccc(CNCc2ccc(CNC3CCCc4cccnc43)cc2)n1. The third kappa shape index (κ3) is 4.74. The zero-order valence-corrected chi connectivity index (χ0v) is 15.9. The molecule has 3 N–H and O–H groups in total. The molecule has 0 saturated heterocycles. The molecule has 1 aliphatic carbocycles. The van der Waals surface area contributed by atoms with E-state index in [4.69, 9.17) is 0 Å². The second kappa shape index (κ2) is 8.95. The van der Waals surface area contributed by atoms with Gasteiger partial charge in [-0.05, 0) is 48.1 Å². The third-order valence-electron chi connectivity index (χ3n) is 5.20. The van der Waals surface area contributed by atoms with Gasteiger partial charge in [-0.3, -0.25) is 4.98 Å². The Labute approximate surface area is 165 Å². The van der Waals surface area contributed by atoms with Crippen molar-refractivity contribution in [3.8, 4) is 5.88 Å². The van der Waals surface area contributed by atoms with Crippen LogP contribution in [-0.4, -0.2) is 15.1 Å². The molecule has 1 aliphatic rings. The van der Waals surface area contributed by atoms with Crippen LogP contribution >= 0.6 is 0 Å². The molecule has 0 spiro atoms. The zero-order chi connectivity index (χ0) is 19.2. The molecule has 5 heteroatoms. The molecule has 0 aliphatic heterocycles. The summed E-state index contributed by atoms with van der Waals surface area (Å²) in [7, 11) is 0. The molecule has 0 radical (unpaired) electrons. The van der Waals surface area contributed by atoms with E-state index in [2.05, 4.69) is 50.9 Å². The van der Waals surface area contributed by atoms with E-state index in [1.807, 2.05) is 18.3 Å². The summed E-state index contributed by atoms with van der Waals surface area (Å²) in [6, 6.07) is 18.5. The van der Waals surface area contributed by atoms with Gasteiger partial charge in [0, 0.05) is 31.9 Å². The second-order valence-electron chi connectivity index (χ2n) is 7.28. The fourth-order valence-electron chi connectivity index (χ4n) is 3.72. The number of benzene rings is 1. The molecular weight excluding hydrogens is 348 g/mol. The van der Waals surface area contributed by atoms with Crippen molar-refractivity contribution in [1.82, 2.24) is 20.6 Å². The Morgan fingerprint density at radius 1 is 0.929 bits per heavy atom. The van der Waals surface area contributed by atoms with Gasteiger partial charge in [0.25, 0.3) is 0 Å². The molecule has 144 valence electrons. The van der Waals surface area contributed by atoms with Gasteiger partial charge in [-0.15, -0.1) is 0 Å². The molecule has 4 rings (SSSR count). The molecule has 2 aromatic heterocycles. The average molecular weight is 374 g/mol. The monoisotopic (exact) mass is 374 g/mol. The lowest BCUT2D eigenvalue weighted by molar-refractivity contribution is 0.447. The fourth-order valence-corrected chi connectivity index (χ4v) is 3.72. The Kier molecular flexibility index (Phi) is 5.95. The van der Waals surface area contributed by atoms with Crippen LogP contribution < -0.4 is 10.6 Å².